The SMILES string of the molecule is CC(=O)c1cc(CC(=O)N2CCC(c3nc(N)n[nH]3)CC2)cs1. The largest absolute Gasteiger partial charge is 0.367 e. The summed E-state index contributed by atoms with van der Waals surface area (Å²) in [6.45, 7) is 2.94. The van der Waals surface area contributed by atoms with E-state index in [9.17, 15) is 9.59 Å². The zero-order chi connectivity index (χ0) is 16.4. The van der Waals surface area contributed by atoms with Gasteiger partial charge in [-0.05, 0) is 36.8 Å². The summed E-state index contributed by atoms with van der Waals surface area (Å²) in [5, 5.41) is 8.59. The Morgan fingerprint density at radius 2 is 2.17 bits per heavy atom. The second-order valence-electron chi connectivity index (χ2n) is 5.79. The fraction of sp³-hybridized carbons (Fsp3) is 0.467. The lowest BCUT2D eigenvalue weighted by Gasteiger charge is -2.31. The summed E-state index contributed by atoms with van der Waals surface area (Å²) in [6, 6.07) is 1.81. The summed E-state index contributed by atoms with van der Waals surface area (Å²) in [5.41, 5.74) is 6.44. The Bertz CT molecular complexity index is 715. The summed E-state index contributed by atoms with van der Waals surface area (Å²) < 4.78 is 0. The molecular weight excluding hydrogens is 314 g/mol. The molecule has 2 aromatic heterocycles. The van der Waals surface area contributed by atoms with Gasteiger partial charge >= 0.3 is 0 Å². The smallest absolute Gasteiger partial charge is 0.239 e. The van der Waals surface area contributed by atoms with Gasteiger partial charge in [-0.25, -0.2) is 0 Å². The van der Waals surface area contributed by atoms with Crippen LogP contribution in [0.5, 0.6) is 0 Å². The van der Waals surface area contributed by atoms with Gasteiger partial charge in [-0.3, -0.25) is 14.7 Å². The zero-order valence-electron chi connectivity index (χ0n) is 12.9. The van der Waals surface area contributed by atoms with E-state index in [0.717, 1.165) is 24.2 Å². The van der Waals surface area contributed by atoms with Crippen LogP contribution in [0.4, 0.5) is 5.95 Å². The molecule has 0 aliphatic carbocycles. The number of hydrogen-bond acceptors (Lipinski definition) is 6. The van der Waals surface area contributed by atoms with Crippen LogP contribution in [0, 0.1) is 0 Å². The van der Waals surface area contributed by atoms with Crippen LogP contribution in [0.2, 0.25) is 0 Å². The molecule has 0 spiro atoms. The topological polar surface area (TPSA) is 105 Å². The number of H-pyrrole nitrogens is 1. The zero-order valence-corrected chi connectivity index (χ0v) is 13.7. The fourth-order valence-corrected chi connectivity index (χ4v) is 3.63. The van der Waals surface area contributed by atoms with E-state index in [1.165, 1.54) is 11.3 Å². The molecule has 8 heteroatoms. The van der Waals surface area contributed by atoms with Gasteiger partial charge in [0.05, 0.1) is 11.3 Å². The van der Waals surface area contributed by atoms with Gasteiger partial charge in [-0.2, -0.15) is 4.98 Å². The number of piperidine rings is 1. The average Bonchev–Trinajstić information content (AvgIpc) is 3.16. The Morgan fingerprint density at radius 1 is 1.43 bits per heavy atom. The first-order valence-electron chi connectivity index (χ1n) is 7.57. The third kappa shape index (κ3) is 3.58. The predicted molar refractivity (Wildman–Crippen MR) is 87.4 cm³/mol. The van der Waals surface area contributed by atoms with Gasteiger partial charge in [-0.15, -0.1) is 16.4 Å². The Balaban J connectivity index is 1.54. The highest BCUT2D eigenvalue weighted by atomic mass is 32.1. The van der Waals surface area contributed by atoms with Crippen molar-refractivity contribution in [1.82, 2.24) is 20.1 Å². The van der Waals surface area contributed by atoms with Crippen molar-refractivity contribution in [2.24, 2.45) is 0 Å². The third-order valence-corrected chi connectivity index (χ3v) is 5.19. The van der Waals surface area contributed by atoms with Crippen LogP contribution in [-0.2, 0) is 11.2 Å². The number of thiophene rings is 1. The third-order valence-electron chi connectivity index (χ3n) is 4.11. The molecule has 0 atom stereocenters. The molecule has 1 saturated heterocycles. The maximum absolute atomic E-state index is 12.4. The molecule has 3 heterocycles. The van der Waals surface area contributed by atoms with Gasteiger partial charge in [0.15, 0.2) is 5.78 Å². The van der Waals surface area contributed by atoms with Crippen LogP contribution in [0.1, 0.15) is 46.7 Å². The van der Waals surface area contributed by atoms with Crippen LogP contribution < -0.4 is 5.73 Å². The molecule has 1 fully saturated rings. The molecule has 0 unspecified atom stereocenters. The number of rotatable bonds is 4. The highest BCUT2D eigenvalue weighted by molar-refractivity contribution is 7.12. The second-order valence-corrected chi connectivity index (χ2v) is 6.70. The van der Waals surface area contributed by atoms with Crippen molar-refractivity contribution in [3.8, 4) is 0 Å². The maximum Gasteiger partial charge on any atom is 0.239 e. The number of amides is 1. The minimum absolute atomic E-state index is 0.0424. The van der Waals surface area contributed by atoms with Crippen molar-refractivity contribution in [2.45, 2.75) is 32.1 Å². The van der Waals surface area contributed by atoms with Crippen molar-refractivity contribution in [3.05, 3.63) is 27.7 Å². The van der Waals surface area contributed by atoms with Gasteiger partial charge < -0.3 is 10.6 Å². The number of nitrogens with one attached hydrogen (secondary N) is 1. The average molecular weight is 333 g/mol. The van der Waals surface area contributed by atoms with Crippen molar-refractivity contribution in [2.75, 3.05) is 18.8 Å². The summed E-state index contributed by atoms with van der Waals surface area (Å²) in [5.74, 6) is 1.49. The number of Topliss-reactive ketones (excluding diaryl/α,β-unsaturated/α-hetero) is 1. The first-order valence-corrected chi connectivity index (χ1v) is 8.45. The lowest BCUT2D eigenvalue weighted by molar-refractivity contribution is -0.131. The predicted octanol–water partition coefficient (Wildman–Crippen LogP) is 1.60. The number of aromatic amines is 1. The maximum atomic E-state index is 12.4. The number of nitrogens with two attached hydrogens (primary N) is 1. The van der Waals surface area contributed by atoms with Gasteiger partial charge in [0.1, 0.15) is 5.82 Å². The number of nitrogen functional groups attached to an aromatic ring is 1. The van der Waals surface area contributed by atoms with Gasteiger partial charge in [0.25, 0.3) is 0 Å². The molecule has 0 aromatic carbocycles. The molecule has 3 N–H and O–H groups in total. The molecule has 0 bridgehead atoms. The van der Waals surface area contributed by atoms with Crippen molar-refractivity contribution in [1.29, 1.82) is 0 Å². The van der Waals surface area contributed by atoms with Crippen LogP contribution in [0.25, 0.3) is 0 Å². The van der Waals surface area contributed by atoms with Crippen molar-refractivity contribution in [3.63, 3.8) is 0 Å². The molecule has 0 saturated carbocycles. The number of hydrogen-bond donors (Lipinski definition) is 2. The highest BCUT2D eigenvalue weighted by Crippen LogP contribution is 2.26. The first kappa shape index (κ1) is 15.7. The number of carbonyl (C=O) groups is 2. The van der Waals surface area contributed by atoms with Gasteiger partial charge in [-0.1, -0.05) is 0 Å². The van der Waals surface area contributed by atoms with Gasteiger partial charge in [0, 0.05) is 19.0 Å². The highest BCUT2D eigenvalue weighted by Gasteiger charge is 2.26. The minimum atomic E-state index is 0.0424. The monoisotopic (exact) mass is 333 g/mol. The van der Waals surface area contributed by atoms with Crippen LogP contribution in [-0.4, -0.2) is 44.9 Å². The number of ketones is 1. The number of carbonyl (C=O) groups excluding carboxylic acids is 2. The van der Waals surface area contributed by atoms with Gasteiger partial charge in [0.2, 0.25) is 11.9 Å². The molecule has 23 heavy (non-hydrogen) atoms. The van der Waals surface area contributed by atoms with E-state index in [0.29, 0.717) is 24.4 Å². The minimum Gasteiger partial charge on any atom is -0.367 e. The number of nitrogens with zero attached hydrogens (tertiary/aromatic N) is 3. The Hall–Kier alpha value is -2.22. The van der Waals surface area contributed by atoms with E-state index in [4.69, 9.17) is 5.73 Å². The van der Waals surface area contributed by atoms with Crippen LogP contribution in [0.15, 0.2) is 11.4 Å². The number of likely N-dealkylation sites (tertiary alicyclic amines) is 1. The molecule has 3 rings (SSSR count). The van der Waals surface area contributed by atoms with Crippen LogP contribution in [0.3, 0.4) is 0 Å². The van der Waals surface area contributed by atoms with Crippen LogP contribution >= 0.6 is 11.3 Å². The quantitative estimate of drug-likeness (QED) is 0.827. The summed E-state index contributed by atoms with van der Waals surface area (Å²) in [4.78, 5) is 30.4. The molecule has 122 valence electrons. The molecule has 0 radical (unpaired) electrons. The summed E-state index contributed by atoms with van der Waals surface area (Å²) in [6.07, 6.45) is 2.05. The molecule has 1 aliphatic rings. The van der Waals surface area contributed by atoms with E-state index in [1.54, 1.807) is 6.92 Å². The van der Waals surface area contributed by atoms with Crippen molar-refractivity contribution < 1.29 is 9.59 Å². The second kappa shape index (κ2) is 6.49. The normalized spacial score (nSPS) is 15.8. The van der Waals surface area contributed by atoms with E-state index >= 15 is 0 Å². The molecule has 1 aliphatic heterocycles. The lowest BCUT2D eigenvalue weighted by Crippen LogP contribution is -2.38. The number of anilines is 1. The molecule has 1 amide bonds. The fourth-order valence-electron chi connectivity index (χ4n) is 2.81. The van der Waals surface area contributed by atoms with E-state index in [-0.39, 0.29) is 23.6 Å². The first-order chi connectivity index (χ1) is 11.0. The standard InChI is InChI=1S/C15H19N5O2S/c1-9(21)12-6-10(8-23-12)7-13(22)20-4-2-11(3-5-20)14-17-15(16)19-18-14/h6,8,11H,2-5,7H2,1H3,(H3,16,17,18,19). The molecule has 2 aromatic rings. The lowest BCUT2D eigenvalue weighted by atomic mass is 9.96. The summed E-state index contributed by atoms with van der Waals surface area (Å²) in [7, 11) is 0. The van der Waals surface area contributed by atoms with E-state index in [1.807, 2.05) is 16.3 Å². The molecule has 7 nitrogen and oxygen atoms in total. The Morgan fingerprint density at radius 3 is 2.74 bits per heavy atom. The Labute approximate surface area is 137 Å². The molecular formula is C15H19N5O2S. The van der Waals surface area contributed by atoms with E-state index in [2.05, 4.69) is 15.2 Å². The number of aromatic nitrogens is 3. The van der Waals surface area contributed by atoms with Crippen molar-refractivity contribution >= 4 is 29.0 Å². The Kier molecular flexibility index (Phi) is 4.42. The summed E-state index contributed by atoms with van der Waals surface area (Å²) >= 11 is 1.39. The van der Waals surface area contributed by atoms with E-state index < -0.39 is 0 Å².